The Hall–Kier alpha value is -6.62. The average molecular weight is 737 g/mol. The van der Waals surface area contributed by atoms with Gasteiger partial charge in [0.25, 0.3) is 29.1 Å². The molecule has 15 nitrogen and oxygen atoms in total. The van der Waals surface area contributed by atoms with Crippen molar-refractivity contribution in [1.29, 1.82) is 0 Å². The van der Waals surface area contributed by atoms with Gasteiger partial charge in [0.15, 0.2) is 11.1 Å². The van der Waals surface area contributed by atoms with E-state index in [4.69, 9.17) is 4.74 Å². The summed E-state index contributed by atoms with van der Waals surface area (Å²) >= 11 is 0. The van der Waals surface area contributed by atoms with E-state index >= 15 is 0 Å². The van der Waals surface area contributed by atoms with Gasteiger partial charge in [0.05, 0.1) is 15.5 Å². The molecule has 0 saturated carbocycles. The number of hydrogen-bond donors (Lipinski definition) is 3. The summed E-state index contributed by atoms with van der Waals surface area (Å²) in [7, 11) is 1.50. The van der Waals surface area contributed by atoms with Crippen molar-refractivity contribution in [2.75, 3.05) is 17.3 Å². The number of ether oxygens (including phenoxy) is 1. The highest BCUT2D eigenvalue weighted by Crippen LogP contribution is 2.27. The van der Waals surface area contributed by atoms with Gasteiger partial charge < -0.3 is 21.1 Å². The Labute approximate surface area is 303 Å². The first-order chi connectivity index (χ1) is 25.0. The standard InChI is InChI=1S/C22H24FN3O6.C13H9FN2O3.CH5N/c1-5-16(24-21(29)32-22(2,3)4)19(27)25(14-10-7-6-8-11-14)20(28)18-15(23)12-9-13-17(18)26(30)31;14-10-7-4-8-11(16(18)19)12(10)13(17)15-9-5-2-1-3-6-9;1-2/h6-13,16H,5H2,1-4H3,(H,24,29);1-8H,(H,15,17);2H2,1H3/t16-;;/m0../s1. The number of nitro groups is 2. The molecule has 280 valence electrons. The lowest BCUT2D eigenvalue weighted by Crippen LogP contribution is -2.51. The average Bonchev–Trinajstić information content (AvgIpc) is 3.11. The largest absolute Gasteiger partial charge is 0.444 e. The number of nitrogens with one attached hydrogen (secondary N) is 2. The van der Waals surface area contributed by atoms with E-state index < -0.39 is 79.4 Å². The van der Waals surface area contributed by atoms with Gasteiger partial charge in [-0.15, -0.1) is 0 Å². The van der Waals surface area contributed by atoms with Gasteiger partial charge in [-0.1, -0.05) is 55.5 Å². The molecule has 17 heteroatoms. The van der Waals surface area contributed by atoms with Crippen LogP contribution in [0, 0.1) is 31.9 Å². The van der Waals surface area contributed by atoms with Crippen LogP contribution in [0.25, 0.3) is 0 Å². The van der Waals surface area contributed by atoms with Crippen molar-refractivity contribution in [3.8, 4) is 0 Å². The number of nitrogens with zero attached hydrogens (tertiary/aromatic N) is 3. The fourth-order valence-electron chi connectivity index (χ4n) is 4.46. The zero-order valence-electron chi connectivity index (χ0n) is 29.4. The molecule has 0 fully saturated rings. The van der Waals surface area contributed by atoms with Crippen LogP contribution in [0.1, 0.15) is 54.8 Å². The highest BCUT2D eigenvalue weighted by molar-refractivity contribution is 6.23. The molecule has 0 aliphatic rings. The van der Waals surface area contributed by atoms with Gasteiger partial charge in [0.1, 0.15) is 23.3 Å². The van der Waals surface area contributed by atoms with Gasteiger partial charge >= 0.3 is 6.09 Å². The molecule has 53 heavy (non-hydrogen) atoms. The number of nitro benzene ring substituents is 2. The van der Waals surface area contributed by atoms with Crippen LogP contribution in [-0.2, 0) is 9.53 Å². The highest BCUT2D eigenvalue weighted by atomic mass is 19.1. The Kier molecular flexibility index (Phi) is 15.8. The van der Waals surface area contributed by atoms with E-state index in [0.717, 1.165) is 30.3 Å². The molecule has 0 aromatic heterocycles. The fourth-order valence-corrected chi connectivity index (χ4v) is 4.46. The SMILES string of the molecule is CC[C@H](NC(=O)OC(C)(C)C)C(=O)N(C(=O)c1c(F)cccc1[N+](=O)[O-])c1ccccc1.CN.O=C(Nc1ccccc1)c1c(F)cccc1[N+](=O)[O-]. The minimum absolute atomic E-state index is 0.0597. The summed E-state index contributed by atoms with van der Waals surface area (Å²) in [6, 6.07) is 20.9. The van der Waals surface area contributed by atoms with Crippen molar-refractivity contribution in [2.24, 2.45) is 5.73 Å². The van der Waals surface area contributed by atoms with Gasteiger partial charge in [-0.25, -0.2) is 18.5 Å². The normalized spacial score (nSPS) is 10.9. The molecule has 0 aliphatic carbocycles. The lowest BCUT2D eigenvalue weighted by molar-refractivity contribution is -0.385. The van der Waals surface area contributed by atoms with Gasteiger partial charge in [-0.3, -0.25) is 34.6 Å². The van der Waals surface area contributed by atoms with Crippen LogP contribution in [-0.4, -0.2) is 52.4 Å². The smallest absolute Gasteiger partial charge is 0.408 e. The van der Waals surface area contributed by atoms with Crippen molar-refractivity contribution < 1.29 is 42.5 Å². The van der Waals surface area contributed by atoms with Crippen LogP contribution in [0.15, 0.2) is 97.1 Å². The summed E-state index contributed by atoms with van der Waals surface area (Å²) in [4.78, 5) is 71.8. The summed E-state index contributed by atoms with van der Waals surface area (Å²) < 4.78 is 33.3. The monoisotopic (exact) mass is 736 g/mol. The molecule has 0 saturated heterocycles. The van der Waals surface area contributed by atoms with E-state index in [9.17, 15) is 48.2 Å². The van der Waals surface area contributed by atoms with Crippen LogP contribution < -0.4 is 21.3 Å². The topological polar surface area (TPSA) is 217 Å². The number of halogens is 2. The molecule has 4 aromatic carbocycles. The van der Waals surface area contributed by atoms with Gasteiger partial charge in [-0.2, -0.15) is 0 Å². The Morgan fingerprint density at radius 2 is 1.25 bits per heavy atom. The summed E-state index contributed by atoms with van der Waals surface area (Å²) in [5.74, 6) is -5.05. The Morgan fingerprint density at radius 3 is 1.72 bits per heavy atom. The third-order valence-electron chi connectivity index (χ3n) is 6.68. The number of hydrogen-bond acceptors (Lipinski definition) is 10. The molecule has 4 N–H and O–H groups in total. The number of benzene rings is 4. The second-order valence-corrected chi connectivity index (χ2v) is 11.5. The van der Waals surface area contributed by atoms with Gasteiger partial charge in [0, 0.05) is 17.8 Å². The zero-order valence-corrected chi connectivity index (χ0v) is 29.4. The number of imide groups is 1. The van der Waals surface area contributed by atoms with E-state index in [0.29, 0.717) is 10.6 Å². The number of carbonyl (C=O) groups excluding carboxylic acids is 4. The molecular weight excluding hydrogens is 698 g/mol. The number of alkyl carbamates (subject to hydrolysis) is 1. The lowest BCUT2D eigenvalue weighted by atomic mass is 10.1. The van der Waals surface area contributed by atoms with Gasteiger partial charge in [0.2, 0.25) is 0 Å². The molecule has 0 aliphatic heterocycles. The second kappa shape index (κ2) is 19.7. The molecular formula is C36H38F2N6O9. The molecule has 0 spiro atoms. The minimum atomic E-state index is -1.23. The molecule has 0 radical (unpaired) electrons. The lowest BCUT2D eigenvalue weighted by Gasteiger charge is -2.27. The van der Waals surface area contributed by atoms with Crippen molar-refractivity contribution in [2.45, 2.75) is 45.8 Å². The number of rotatable bonds is 9. The van der Waals surface area contributed by atoms with E-state index in [1.165, 1.54) is 25.2 Å². The predicted molar refractivity (Wildman–Crippen MR) is 192 cm³/mol. The molecule has 4 amide bonds. The van der Waals surface area contributed by atoms with Crippen LogP contribution >= 0.6 is 0 Å². The zero-order chi connectivity index (χ0) is 39.9. The fraction of sp³-hybridized carbons (Fsp3) is 0.222. The maximum atomic E-state index is 14.5. The quantitative estimate of drug-likeness (QED) is 0.121. The van der Waals surface area contributed by atoms with Crippen molar-refractivity contribution >= 4 is 46.6 Å². The second-order valence-electron chi connectivity index (χ2n) is 11.5. The Balaban J connectivity index is 0.000000392. The molecule has 1 atom stereocenters. The third-order valence-corrected chi connectivity index (χ3v) is 6.68. The Morgan fingerprint density at radius 1 is 0.774 bits per heavy atom. The molecule has 0 heterocycles. The predicted octanol–water partition coefficient (Wildman–Crippen LogP) is 6.77. The van der Waals surface area contributed by atoms with Crippen LogP contribution in [0.3, 0.4) is 0 Å². The molecule has 0 bridgehead atoms. The van der Waals surface area contributed by atoms with Crippen LogP contribution in [0.2, 0.25) is 0 Å². The molecule has 0 unspecified atom stereocenters. The summed E-state index contributed by atoms with van der Waals surface area (Å²) in [5, 5.41) is 27.0. The molecule has 4 aromatic rings. The van der Waals surface area contributed by atoms with E-state index in [-0.39, 0.29) is 12.1 Å². The maximum Gasteiger partial charge on any atom is 0.408 e. The summed E-state index contributed by atoms with van der Waals surface area (Å²) in [6.45, 7) is 6.53. The first-order valence-corrected chi connectivity index (χ1v) is 15.8. The number of anilines is 2. The van der Waals surface area contributed by atoms with Crippen molar-refractivity contribution in [3.63, 3.8) is 0 Å². The summed E-state index contributed by atoms with van der Waals surface area (Å²) in [6.07, 6.45) is -0.802. The summed E-state index contributed by atoms with van der Waals surface area (Å²) in [5.41, 5.74) is 1.40. The van der Waals surface area contributed by atoms with E-state index in [1.54, 1.807) is 76.2 Å². The number of amides is 4. The number of para-hydroxylation sites is 2. The number of nitrogens with two attached hydrogens (primary N) is 1. The van der Waals surface area contributed by atoms with Crippen molar-refractivity contribution in [1.82, 2.24) is 5.32 Å². The molecule has 4 rings (SSSR count). The maximum absolute atomic E-state index is 14.5. The number of carbonyl (C=O) groups is 4. The van der Waals surface area contributed by atoms with Crippen LogP contribution in [0.4, 0.5) is 36.3 Å². The van der Waals surface area contributed by atoms with E-state index in [1.807, 2.05) is 0 Å². The third kappa shape index (κ3) is 12.0. The highest BCUT2D eigenvalue weighted by Gasteiger charge is 2.36. The minimum Gasteiger partial charge on any atom is -0.444 e. The van der Waals surface area contributed by atoms with Gasteiger partial charge in [-0.05, 0) is 70.6 Å². The first-order valence-electron chi connectivity index (χ1n) is 15.8. The first kappa shape index (κ1) is 42.5. The van der Waals surface area contributed by atoms with E-state index in [2.05, 4.69) is 16.4 Å². The Bertz CT molecular complexity index is 1920. The van der Waals surface area contributed by atoms with Crippen LogP contribution in [0.5, 0.6) is 0 Å². The van der Waals surface area contributed by atoms with Crippen molar-refractivity contribution in [3.05, 3.63) is 140 Å².